The van der Waals surface area contributed by atoms with Gasteiger partial charge in [-0.3, -0.25) is 9.59 Å². The summed E-state index contributed by atoms with van der Waals surface area (Å²) in [5, 5.41) is 13.8. The van der Waals surface area contributed by atoms with Gasteiger partial charge in [-0.25, -0.2) is 10.4 Å². The first-order valence-corrected chi connectivity index (χ1v) is 14.3. The summed E-state index contributed by atoms with van der Waals surface area (Å²) in [4.78, 5) is 29.3. The zero-order valence-corrected chi connectivity index (χ0v) is 24.2. The van der Waals surface area contributed by atoms with Crippen molar-refractivity contribution in [3.8, 4) is 17.0 Å². The third-order valence-electron chi connectivity index (χ3n) is 5.82. The Balaban J connectivity index is 1.08. The summed E-state index contributed by atoms with van der Waals surface area (Å²) < 4.78 is 5.53. The fourth-order valence-electron chi connectivity index (χ4n) is 3.69. The van der Waals surface area contributed by atoms with Crippen LogP contribution >= 0.6 is 34.5 Å². The van der Waals surface area contributed by atoms with E-state index < -0.39 is 0 Å². The zero-order valence-electron chi connectivity index (χ0n) is 21.9. The summed E-state index contributed by atoms with van der Waals surface area (Å²) in [5.74, 6) is -0.156. The Labute approximate surface area is 256 Å². The number of carbonyl (C=O) groups excluding carboxylic acids is 2. The first-order valence-electron chi connectivity index (χ1n) is 12.6. The lowest BCUT2D eigenvalue weighted by Gasteiger charge is -2.08. The number of hydrogen-bond acceptors (Lipinski definition) is 7. The molecular weight excluding hydrogens is 593 g/mol. The highest BCUT2D eigenvalue weighted by molar-refractivity contribution is 7.14. The van der Waals surface area contributed by atoms with Crippen molar-refractivity contribution in [2.24, 2.45) is 5.10 Å². The van der Waals surface area contributed by atoms with E-state index in [0.29, 0.717) is 27.0 Å². The van der Waals surface area contributed by atoms with Gasteiger partial charge in [0.05, 0.1) is 22.6 Å². The SMILES string of the molecule is O=C(COc1ccc(/C=N\NC(=O)c2ccc(-c3csc(Nc4ccc(Cl)cc4)n3)cc2)cc1)Nc1ccccc1Cl. The average molecular weight is 617 g/mol. The highest BCUT2D eigenvalue weighted by Gasteiger charge is 2.09. The summed E-state index contributed by atoms with van der Waals surface area (Å²) in [6, 6.07) is 28.4. The molecule has 4 aromatic carbocycles. The number of nitrogens with zero attached hydrogens (tertiary/aromatic N) is 2. The van der Waals surface area contributed by atoms with Crippen LogP contribution in [-0.4, -0.2) is 29.6 Å². The second kappa shape index (κ2) is 13.8. The summed E-state index contributed by atoms with van der Waals surface area (Å²) in [6.45, 7) is -0.169. The number of nitrogens with one attached hydrogen (secondary N) is 3. The molecule has 0 fully saturated rings. The Morgan fingerprint density at radius 3 is 2.38 bits per heavy atom. The van der Waals surface area contributed by atoms with Gasteiger partial charge in [0.2, 0.25) is 0 Å². The number of hydrogen-bond donors (Lipinski definition) is 3. The fourth-order valence-corrected chi connectivity index (χ4v) is 4.74. The van der Waals surface area contributed by atoms with E-state index in [2.05, 4.69) is 26.1 Å². The molecule has 1 heterocycles. The van der Waals surface area contributed by atoms with Crippen molar-refractivity contribution in [1.29, 1.82) is 0 Å². The molecule has 3 N–H and O–H groups in total. The van der Waals surface area contributed by atoms with Crippen LogP contribution in [-0.2, 0) is 4.79 Å². The molecule has 0 atom stereocenters. The van der Waals surface area contributed by atoms with E-state index in [-0.39, 0.29) is 18.4 Å². The van der Waals surface area contributed by atoms with Gasteiger partial charge in [-0.2, -0.15) is 5.10 Å². The first kappa shape index (κ1) is 28.8. The molecule has 0 bridgehead atoms. The van der Waals surface area contributed by atoms with Crippen LogP contribution in [0.1, 0.15) is 15.9 Å². The number of amides is 2. The van der Waals surface area contributed by atoms with Gasteiger partial charge >= 0.3 is 0 Å². The summed E-state index contributed by atoms with van der Waals surface area (Å²) in [6.07, 6.45) is 1.52. The zero-order chi connectivity index (χ0) is 29.3. The van der Waals surface area contributed by atoms with Crippen LogP contribution in [0.15, 0.2) is 108 Å². The number of rotatable bonds is 10. The standard InChI is InChI=1S/C31H23Cl2N5O3S/c32-23-11-13-24(14-12-23)35-31-37-28(19-42-31)21-7-9-22(10-8-21)30(40)38-34-17-20-5-15-25(16-6-20)41-18-29(39)36-27-4-2-1-3-26(27)33/h1-17,19H,18H2,(H,35,37)(H,36,39)(H,38,40)/b34-17-. The molecule has 0 aliphatic carbocycles. The summed E-state index contributed by atoms with van der Waals surface area (Å²) in [7, 11) is 0. The maximum absolute atomic E-state index is 12.5. The Morgan fingerprint density at radius 1 is 0.905 bits per heavy atom. The van der Waals surface area contributed by atoms with Crippen LogP contribution in [0.3, 0.4) is 0 Å². The molecule has 0 radical (unpaired) electrons. The Morgan fingerprint density at radius 2 is 1.64 bits per heavy atom. The third-order valence-corrected chi connectivity index (χ3v) is 7.16. The maximum Gasteiger partial charge on any atom is 0.271 e. The number of thiazole rings is 1. The van der Waals surface area contributed by atoms with Crippen molar-refractivity contribution < 1.29 is 14.3 Å². The van der Waals surface area contributed by atoms with Crippen LogP contribution in [0, 0.1) is 0 Å². The van der Waals surface area contributed by atoms with Crippen molar-refractivity contribution in [3.05, 3.63) is 124 Å². The first-order chi connectivity index (χ1) is 20.4. The quantitative estimate of drug-likeness (QED) is 0.111. The number of para-hydroxylation sites is 1. The molecule has 2 amide bonds. The molecule has 11 heteroatoms. The summed E-state index contributed by atoms with van der Waals surface area (Å²) in [5.41, 5.74) is 6.84. The smallest absolute Gasteiger partial charge is 0.271 e. The lowest BCUT2D eigenvalue weighted by Crippen LogP contribution is -2.20. The number of benzene rings is 4. The molecule has 8 nitrogen and oxygen atoms in total. The second-order valence-electron chi connectivity index (χ2n) is 8.83. The predicted octanol–water partition coefficient (Wildman–Crippen LogP) is 7.64. The normalized spacial score (nSPS) is 10.8. The van der Waals surface area contributed by atoms with E-state index >= 15 is 0 Å². The molecule has 0 spiro atoms. The largest absolute Gasteiger partial charge is 0.484 e. The van der Waals surface area contributed by atoms with Crippen LogP contribution in [0.2, 0.25) is 10.0 Å². The van der Waals surface area contributed by atoms with Gasteiger partial charge in [-0.15, -0.1) is 11.3 Å². The molecule has 0 unspecified atom stereocenters. The van der Waals surface area contributed by atoms with E-state index in [9.17, 15) is 9.59 Å². The molecule has 1 aromatic heterocycles. The number of halogens is 2. The van der Waals surface area contributed by atoms with Crippen LogP contribution in [0.5, 0.6) is 5.75 Å². The van der Waals surface area contributed by atoms with Gasteiger partial charge in [0.15, 0.2) is 11.7 Å². The van der Waals surface area contributed by atoms with Gasteiger partial charge in [-0.1, -0.05) is 47.5 Å². The van der Waals surface area contributed by atoms with Crippen LogP contribution < -0.4 is 20.8 Å². The van der Waals surface area contributed by atoms with Crippen molar-refractivity contribution in [2.45, 2.75) is 0 Å². The van der Waals surface area contributed by atoms with Crippen LogP contribution in [0.4, 0.5) is 16.5 Å². The average Bonchev–Trinajstić information content (AvgIpc) is 3.47. The second-order valence-corrected chi connectivity index (χ2v) is 10.5. The number of ether oxygens (including phenoxy) is 1. The van der Waals surface area contributed by atoms with E-state index in [4.69, 9.17) is 27.9 Å². The van der Waals surface area contributed by atoms with Crippen LogP contribution in [0.25, 0.3) is 11.3 Å². The van der Waals surface area contributed by atoms with Crippen molar-refractivity contribution in [3.63, 3.8) is 0 Å². The summed E-state index contributed by atoms with van der Waals surface area (Å²) >= 11 is 13.5. The molecule has 0 aliphatic heterocycles. The maximum atomic E-state index is 12.5. The number of hydrazone groups is 1. The number of anilines is 3. The van der Waals surface area contributed by atoms with E-state index in [0.717, 1.165) is 27.6 Å². The Hall–Kier alpha value is -4.70. The highest BCUT2D eigenvalue weighted by Crippen LogP contribution is 2.28. The molecule has 0 aliphatic rings. The van der Waals surface area contributed by atoms with E-state index in [1.165, 1.54) is 17.6 Å². The molecule has 5 rings (SSSR count). The minimum atomic E-state index is -0.342. The topological polar surface area (TPSA) is 105 Å². The molecule has 210 valence electrons. The van der Waals surface area contributed by atoms with E-state index in [1.807, 2.05) is 41.8 Å². The van der Waals surface area contributed by atoms with Crippen molar-refractivity contribution in [1.82, 2.24) is 10.4 Å². The molecule has 42 heavy (non-hydrogen) atoms. The predicted molar refractivity (Wildman–Crippen MR) is 169 cm³/mol. The van der Waals surface area contributed by atoms with Gasteiger partial charge in [-0.05, 0) is 78.4 Å². The molecule has 5 aromatic rings. The molecular formula is C31H23Cl2N5O3S. The lowest BCUT2D eigenvalue weighted by molar-refractivity contribution is -0.118. The third kappa shape index (κ3) is 7.94. The highest BCUT2D eigenvalue weighted by atomic mass is 35.5. The number of aromatic nitrogens is 1. The van der Waals surface area contributed by atoms with E-state index in [1.54, 1.807) is 60.7 Å². The minimum Gasteiger partial charge on any atom is -0.484 e. The fraction of sp³-hybridized carbons (Fsp3) is 0.0323. The van der Waals surface area contributed by atoms with Gasteiger partial charge in [0.1, 0.15) is 5.75 Å². The van der Waals surface area contributed by atoms with Gasteiger partial charge < -0.3 is 15.4 Å². The van der Waals surface area contributed by atoms with Crippen molar-refractivity contribution >= 4 is 69.1 Å². The molecule has 0 saturated carbocycles. The van der Waals surface area contributed by atoms with Gasteiger partial charge in [0.25, 0.3) is 11.8 Å². The van der Waals surface area contributed by atoms with Crippen molar-refractivity contribution in [2.75, 3.05) is 17.2 Å². The Kier molecular flexibility index (Phi) is 9.45. The minimum absolute atomic E-state index is 0.169. The monoisotopic (exact) mass is 615 g/mol. The van der Waals surface area contributed by atoms with Gasteiger partial charge in [0, 0.05) is 27.2 Å². The number of carbonyl (C=O) groups is 2. The Bertz CT molecular complexity index is 1710. The lowest BCUT2D eigenvalue weighted by atomic mass is 10.1. The molecule has 0 saturated heterocycles.